The summed E-state index contributed by atoms with van der Waals surface area (Å²) in [6.45, 7) is 1.95. The highest BCUT2D eigenvalue weighted by molar-refractivity contribution is 6.29. The van der Waals surface area contributed by atoms with Crippen molar-refractivity contribution in [2.45, 2.75) is 6.92 Å². The van der Waals surface area contributed by atoms with Crippen LogP contribution in [0.15, 0.2) is 41.4 Å². The van der Waals surface area contributed by atoms with Crippen LogP contribution in [-0.2, 0) is 4.74 Å². The standard InChI is InChI=1S/C11H11ClO2/c1-9(12)7-8-14-11(13)10-5-3-2-4-6-10/h2-7H,8H2,1H3. The summed E-state index contributed by atoms with van der Waals surface area (Å²) < 4.78 is 4.94. The number of allylic oxidation sites excluding steroid dienone is 1. The van der Waals surface area contributed by atoms with E-state index in [1.807, 2.05) is 6.07 Å². The van der Waals surface area contributed by atoms with Crippen LogP contribution in [0.5, 0.6) is 0 Å². The maximum Gasteiger partial charge on any atom is 0.338 e. The van der Waals surface area contributed by atoms with E-state index < -0.39 is 0 Å². The topological polar surface area (TPSA) is 26.3 Å². The zero-order chi connectivity index (χ0) is 10.4. The molecule has 1 aromatic rings. The van der Waals surface area contributed by atoms with Crippen molar-refractivity contribution >= 4 is 17.6 Å². The van der Waals surface area contributed by atoms with Gasteiger partial charge in [-0.15, -0.1) is 0 Å². The first kappa shape index (κ1) is 10.8. The van der Waals surface area contributed by atoms with E-state index in [1.54, 1.807) is 37.3 Å². The molecular formula is C11H11ClO2. The molecule has 0 radical (unpaired) electrons. The maximum absolute atomic E-state index is 11.3. The molecule has 0 fully saturated rings. The number of hydrogen-bond acceptors (Lipinski definition) is 2. The molecule has 0 unspecified atom stereocenters. The lowest BCUT2D eigenvalue weighted by Gasteiger charge is -2.00. The summed E-state index contributed by atoms with van der Waals surface area (Å²) in [5, 5.41) is 0.617. The minimum absolute atomic E-state index is 0.211. The molecule has 0 heterocycles. The number of carbonyl (C=O) groups is 1. The highest BCUT2D eigenvalue weighted by Gasteiger charge is 2.03. The van der Waals surface area contributed by atoms with Gasteiger partial charge in [0.1, 0.15) is 6.61 Å². The highest BCUT2D eigenvalue weighted by atomic mass is 35.5. The molecule has 0 aliphatic carbocycles. The Morgan fingerprint density at radius 2 is 2.07 bits per heavy atom. The minimum Gasteiger partial charge on any atom is -0.458 e. The molecular weight excluding hydrogens is 200 g/mol. The SMILES string of the molecule is CC(Cl)=CCOC(=O)c1ccccc1. The van der Waals surface area contributed by atoms with Crippen molar-refractivity contribution in [2.75, 3.05) is 6.61 Å². The maximum atomic E-state index is 11.3. The van der Waals surface area contributed by atoms with E-state index in [0.717, 1.165) is 0 Å². The number of carbonyl (C=O) groups excluding carboxylic acids is 1. The second-order valence-corrected chi connectivity index (χ2v) is 3.35. The summed E-state index contributed by atoms with van der Waals surface area (Å²) in [6, 6.07) is 8.84. The van der Waals surface area contributed by atoms with E-state index in [0.29, 0.717) is 10.6 Å². The molecule has 14 heavy (non-hydrogen) atoms. The molecule has 0 bridgehead atoms. The molecule has 74 valence electrons. The summed E-state index contributed by atoms with van der Waals surface area (Å²) in [5.74, 6) is -0.334. The lowest BCUT2D eigenvalue weighted by molar-refractivity contribution is 0.0549. The van der Waals surface area contributed by atoms with Gasteiger partial charge in [-0.25, -0.2) is 4.79 Å². The number of hydrogen-bond donors (Lipinski definition) is 0. The van der Waals surface area contributed by atoms with Crippen LogP contribution in [0.3, 0.4) is 0 Å². The van der Waals surface area contributed by atoms with Crippen molar-refractivity contribution in [1.82, 2.24) is 0 Å². The first-order valence-corrected chi connectivity index (χ1v) is 4.62. The molecule has 1 aromatic carbocycles. The molecule has 0 N–H and O–H groups in total. The Bertz CT molecular complexity index is 326. The average molecular weight is 211 g/mol. The molecule has 3 heteroatoms. The Morgan fingerprint density at radius 3 is 2.64 bits per heavy atom. The van der Waals surface area contributed by atoms with Crippen molar-refractivity contribution < 1.29 is 9.53 Å². The Hall–Kier alpha value is -1.28. The second kappa shape index (κ2) is 5.45. The first-order valence-electron chi connectivity index (χ1n) is 4.24. The van der Waals surface area contributed by atoms with E-state index in [2.05, 4.69) is 0 Å². The fourth-order valence-corrected chi connectivity index (χ4v) is 0.953. The molecule has 0 saturated carbocycles. The summed E-state index contributed by atoms with van der Waals surface area (Å²) in [4.78, 5) is 11.3. The monoisotopic (exact) mass is 210 g/mol. The number of halogens is 1. The van der Waals surface area contributed by atoms with E-state index in [9.17, 15) is 4.79 Å². The second-order valence-electron chi connectivity index (χ2n) is 2.76. The zero-order valence-electron chi connectivity index (χ0n) is 7.87. The van der Waals surface area contributed by atoms with Gasteiger partial charge >= 0.3 is 5.97 Å². The first-order chi connectivity index (χ1) is 6.70. The molecule has 0 aromatic heterocycles. The number of rotatable bonds is 3. The van der Waals surface area contributed by atoms with Gasteiger partial charge in [0.15, 0.2) is 0 Å². The Kier molecular flexibility index (Phi) is 4.20. The lowest BCUT2D eigenvalue weighted by atomic mass is 10.2. The zero-order valence-corrected chi connectivity index (χ0v) is 8.62. The summed E-state index contributed by atoms with van der Waals surface area (Å²) >= 11 is 5.58. The third-order valence-electron chi connectivity index (χ3n) is 1.59. The van der Waals surface area contributed by atoms with Gasteiger partial charge in [0.2, 0.25) is 0 Å². The van der Waals surface area contributed by atoms with Crippen molar-refractivity contribution in [3.05, 3.63) is 47.0 Å². The van der Waals surface area contributed by atoms with Gasteiger partial charge in [-0.3, -0.25) is 0 Å². The summed E-state index contributed by atoms with van der Waals surface area (Å²) in [7, 11) is 0. The molecule has 2 nitrogen and oxygen atoms in total. The normalized spacial score (nSPS) is 11.1. The van der Waals surface area contributed by atoms with Crippen molar-refractivity contribution in [3.8, 4) is 0 Å². The molecule has 0 aliphatic rings. The molecule has 0 spiro atoms. The van der Waals surface area contributed by atoms with Crippen LogP contribution in [0.1, 0.15) is 17.3 Å². The van der Waals surface area contributed by atoms with Gasteiger partial charge in [-0.2, -0.15) is 0 Å². The van der Waals surface area contributed by atoms with E-state index >= 15 is 0 Å². The number of benzene rings is 1. The lowest BCUT2D eigenvalue weighted by Crippen LogP contribution is -2.04. The van der Waals surface area contributed by atoms with Gasteiger partial charge in [0, 0.05) is 5.03 Å². The van der Waals surface area contributed by atoms with Crippen LogP contribution in [0, 0.1) is 0 Å². The molecule has 0 atom stereocenters. The van der Waals surface area contributed by atoms with Crippen LogP contribution in [0.4, 0.5) is 0 Å². The predicted molar refractivity (Wildman–Crippen MR) is 56.3 cm³/mol. The average Bonchev–Trinajstić information content (AvgIpc) is 2.18. The van der Waals surface area contributed by atoms with E-state index in [4.69, 9.17) is 16.3 Å². The largest absolute Gasteiger partial charge is 0.458 e. The van der Waals surface area contributed by atoms with Crippen molar-refractivity contribution in [2.24, 2.45) is 0 Å². The molecule has 0 amide bonds. The molecule has 0 aliphatic heterocycles. The number of esters is 1. The van der Waals surface area contributed by atoms with Crippen molar-refractivity contribution in [1.29, 1.82) is 0 Å². The van der Waals surface area contributed by atoms with Gasteiger partial charge in [-0.1, -0.05) is 29.8 Å². The van der Waals surface area contributed by atoms with Crippen LogP contribution >= 0.6 is 11.6 Å². The summed E-state index contributed by atoms with van der Waals surface area (Å²) in [5.41, 5.74) is 0.549. The fourth-order valence-electron chi connectivity index (χ4n) is 0.890. The van der Waals surface area contributed by atoms with Crippen LogP contribution < -0.4 is 0 Å². The molecule has 0 saturated heterocycles. The van der Waals surface area contributed by atoms with E-state index in [-0.39, 0.29) is 12.6 Å². The van der Waals surface area contributed by atoms with Crippen LogP contribution in [0.25, 0.3) is 0 Å². The molecule has 1 rings (SSSR count). The smallest absolute Gasteiger partial charge is 0.338 e. The highest BCUT2D eigenvalue weighted by Crippen LogP contribution is 2.02. The fraction of sp³-hybridized carbons (Fsp3) is 0.182. The Balaban J connectivity index is 2.48. The van der Waals surface area contributed by atoms with Gasteiger partial charge in [-0.05, 0) is 25.1 Å². The third kappa shape index (κ3) is 3.62. The quantitative estimate of drug-likeness (QED) is 0.717. The van der Waals surface area contributed by atoms with Crippen LogP contribution in [0.2, 0.25) is 0 Å². The minimum atomic E-state index is -0.334. The number of ether oxygens (including phenoxy) is 1. The van der Waals surface area contributed by atoms with Crippen molar-refractivity contribution in [3.63, 3.8) is 0 Å². The predicted octanol–water partition coefficient (Wildman–Crippen LogP) is 2.99. The Labute approximate surface area is 88.1 Å². The van der Waals surface area contributed by atoms with Gasteiger partial charge in [0.05, 0.1) is 5.56 Å². The van der Waals surface area contributed by atoms with Gasteiger partial charge < -0.3 is 4.74 Å². The van der Waals surface area contributed by atoms with Gasteiger partial charge in [0.25, 0.3) is 0 Å². The summed E-state index contributed by atoms with van der Waals surface area (Å²) in [6.07, 6.45) is 1.64. The van der Waals surface area contributed by atoms with Crippen LogP contribution in [-0.4, -0.2) is 12.6 Å². The van der Waals surface area contributed by atoms with E-state index in [1.165, 1.54) is 0 Å². The third-order valence-corrected chi connectivity index (χ3v) is 1.74. The Morgan fingerprint density at radius 1 is 1.43 bits per heavy atom.